The first-order chi connectivity index (χ1) is 24.7. The van der Waals surface area contributed by atoms with Crippen LogP contribution >= 0.6 is 0 Å². The average Bonchev–Trinajstić information content (AvgIpc) is 3.37. The van der Waals surface area contributed by atoms with E-state index in [2.05, 4.69) is 0 Å². The van der Waals surface area contributed by atoms with Gasteiger partial charge in [0.1, 0.15) is 56.4 Å². The maximum atomic E-state index is 14.5. The number of benzene rings is 2. The van der Waals surface area contributed by atoms with Gasteiger partial charge in [0.2, 0.25) is 5.79 Å². The Kier molecular flexibility index (Phi) is 10.4. The molecule has 0 aromatic heterocycles. The van der Waals surface area contributed by atoms with Gasteiger partial charge in [0.25, 0.3) is 0 Å². The second kappa shape index (κ2) is 14.5. The van der Waals surface area contributed by atoms with Crippen LogP contribution in [0.4, 0.5) is 0 Å². The van der Waals surface area contributed by atoms with Crippen molar-refractivity contribution in [2.24, 2.45) is 5.92 Å². The number of methoxy groups -OCH3 is 2. The van der Waals surface area contributed by atoms with Crippen molar-refractivity contribution in [1.82, 2.24) is 0 Å². The first-order valence-corrected chi connectivity index (χ1v) is 16.1. The molecule has 11 unspecified atom stereocenters. The van der Waals surface area contributed by atoms with Crippen molar-refractivity contribution < 1.29 is 88.0 Å². The lowest BCUT2D eigenvalue weighted by molar-refractivity contribution is -0.383. The van der Waals surface area contributed by atoms with Crippen LogP contribution in [0.3, 0.4) is 0 Å². The molecule has 3 heterocycles. The number of cyclic esters (lactones) is 1. The molecule has 6 rings (SSSR count). The molecular formula is C34H38O18. The predicted molar refractivity (Wildman–Crippen MR) is 169 cm³/mol. The van der Waals surface area contributed by atoms with E-state index in [1.807, 2.05) is 0 Å². The molecule has 3 aliphatic heterocycles. The zero-order valence-corrected chi connectivity index (χ0v) is 28.0. The molecule has 18 heteroatoms. The third-order valence-electron chi connectivity index (χ3n) is 9.50. The smallest absolute Gasteiger partial charge is 0.335 e. The van der Waals surface area contributed by atoms with Crippen LogP contribution < -0.4 is 9.47 Å². The van der Waals surface area contributed by atoms with E-state index in [4.69, 9.17) is 37.9 Å². The van der Waals surface area contributed by atoms with Crippen LogP contribution in [0.5, 0.6) is 23.0 Å². The SMILES string of the molecule is COc1cc(C2c3cc(O)c(OC)cc3C=C3C(=O)OCC4OC(CO)(OC5OC(COC(C)=O)C(O)C(O)C5O)C(OC(=O)C32)C4O)ccc1O. The Morgan fingerprint density at radius 2 is 1.63 bits per heavy atom. The minimum absolute atomic E-state index is 0.0178. The van der Waals surface area contributed by atoms with Crippen molar-refractivity contribution in [2.45, 2.75) is 67.6 Å². The van der Waals surface area contributed by atoms with Crippen molar-refractivity contribution in [3.8, 4) is 23.0 Å². The number of carbonyl (C=O) groups excluding carboxylic acids is 3. The van der Waals surface area contributed by atoms with Gasteiger partial charge in [-0.15, -0.1) is 0 Å². The maximum Gasteiger partial charge on any atom is 0.335 e. The molecule has 2 aromatic rings. The molecule has 4 aliphatic rings. The Morgan fingerprint density at radius 1 is 0.923 bits per heavy atom. The summed E-state index contributed by atoms with van der Waals surface area (Å²) in [5.74, 6) is -8.60. The van der Waals surface area contributed by atoms with E-state index in [1.165, 1.54) is 50.6 Å². The largest absolute Gasteiger partial charge is 0.504 e. The molecule has 52 heavy (non-hydrogen) atoms. The van der Waals surface area contributed by atoms with Gasteiger partial charge in [0, 0.05) is 12.8 Å². The summed E-state index contributed by atoms with van der Waals surface area (Å²) in [6.07, 6.45) is -12.9. The predicted octanol–water partition coefficient (Wildman–Crippen LogP) is -1.44. The number of rotatable bonds is 8. The topological polar surface area (TPSA) is 267 Å². The van der Waals surface area contributed by atoms with Gasteiger partial charge in [-0.1, -0.05) is 6.07 Å². The fraction of sp³-hybridized carbons (Fsp3) is 0.500. The van der Waals surface area contributed by atoms with E-state index in [-0.39, 0.29) is 28.6 Å². The molecule has 18 nitrogen and oxygen atoms in total. The Balaban J connectivity index is 1.42. The number of aromatic hydroxyl groups is 2. The summed E-state index contributed by atoms with van der Waals surface area (Å²) in [6.45, 7) is -1.29. The number of phenolic OH excluding ortho intramolecular Hbond substituents is 2. The van der Waals surface area contributed by atoms with E-state index < -0.39 is 104 Å². The number of phenols is 2. The van der Waals surface area contributed by atoms with Gasteiger partial charge in [0.15, 0.2) is 35.4 Å². The van der Waals surface area contributed by atoms with E-state index in [0.29, 0.717) is 16.7 Å². The van der Waals surface area contributed by atoms with Crippen LogP contribution in [0.1, 0.15) is 29.5 Å². The average molecular weight is 735 g/mol. The van der Waals surface area contributed by atoms with Crippen LogP contribution in [0, 0.1) is 5.92 Å². The first kappa shape index (κ1) is 37.2. The minimum atomic E-state index is -2.53. The van der Waals surface area contributed by atoms with Gasteiger partial charge in [0.05, 0.1) is 25.7 Å². The molecule has 2 aromatic carbocycles. The molecule has 3 fully saturated rings. The molecule has 11 atom stereocenters. The Hall–Kier alpha value is -4.53. The molecule has 282 valence electrons. The van der Waals surface area contributed by atoms with Crippen LogP contribution in [0.25, 0.3) is 6.08 Å². The number of aliphatic hydroxyl groups excluding tert-OH is 5. The molecule has 0 spiro atoms. The Labute approximate surface area is 295 Å². The van der Waals surface area contributed by atoms with E-state index in [0.717, 1.165) is 6.92 Å². The van der Waals surface area contributed by atoms with Gasteiger partial charge in [-0.3, -0.25) is 9.59 Å². The maximum absolute atomic E-state index is 14.5. The quantitative estimate of drug-likeness (QED) is 0.121. The summed E-state index contributed by atoms with van der Waals surface area (Å²) < 4.78 is 44.2. The van der Waals surface area contributed by atoms with Gasteiger partial charge >= 0.3 is 17.9 Å². The van der Waals surface area contributed by atoms with Crippen molar-refractivity contribution >= 4 is 24.0 Å². The highest BCUT2D eigenvalue weighted by molar-refractivity contribution is 6.02. The van der Waals surface area contributed by atoms with Gasteiger partial charge in [-0.2, -0.15) is 0 Å². The number of aliphatic hydroxyl groups is 5. The lowest BCUT2D eigenvalue weighted by Crippen LogP contribution is -2.63. The van der Waals surface area contributed by atoms with Gasteiger partial charge in [-0.05, 0) is 47.0 Å². The summed E-state index contributed by atoms with van der Waals surface area (Å²) in [5, 5.41) is 75.0. The number of hydrogen-bond acceptors (Lipinski definition) is 18. The van der Waals surface area contributed by atoms with Crippen molar-refractivity contribution in [1.29, 1.82) is 0 Å². The molecule has 7 N–H and O–H groups in total. The first-order valence-electron chi connectivity index (χ1n) is 16.1. The summed E-state index contributed by atoms with van der Waals surface area (Å²) in [5.41, 5.74) is 0.788. The highest BCUT2D eigenvalue weighted by atomic mass is 16.8. The van der Waals surface area contributed by atoms with Crippen LogP contribution in [0.2, 0.25) is 0 Å². The molecule has 0 radical (unpaired) electrons. The summed E-state index contributed by atoms with van der Waals surface area (Å²) >= 11 is 0. The monoisotopic (exact) mass is 734 g/mol. The van der Waals surface area contributed by atoms with Crippen molar-refractivity contribution in [3.05, 3.63) is 52.6 Å². The second-order valence-corrected chi connectivity index (χ2v) is 12.6. The molecule has 0 saturated carbocycles. The third-order valence-corrected chi connectivity index (χ3v) is 9.50. The normalized spacial score (nSPS) is 34.2. The number of esters is 3. The third kappa shape index (κ3) is 6.52. The highest BCUT2D eigenvalue weighted by Crippen LogP contribution is 2.49. The molecule has 2 bridgehead atoms. The number of fused-ring (bicyclic) bond motifs is 4. The molecule has 1 aliphatic carbocycles. The lowest BCUT2D eigenvalue weighted by atomic mass is 9.71. The fourth-order valence-corrected chi connectivity index (χ4v) is 6.87. The second-order valence-electron chi connectivity index (χ2n) is 12.6. The van der Waals surface area contributed by atoms with Crippen LogP contribution in [0.15, 0.2) is 35.9 Å². The van der Waals surface area contributed by atoms with E-state index in [9.17, 15) is 50.1 Å². The number of ether oxygens (including phenoxy) is 8. The van der Waals surface area contributed by atoms with Gasteiger partial charge < -0.3 is 73.6 Å². The summed E-state index contributed by atoms with van der Waals surface area (Å²) in [7, 11) is 2.64. The standard InChI is InChI=1S/C34H38O18/c1-13(36)47-10-22-26(39)28(41)29(42)33(49-22)52-34(12-35)30-27(40)23(51-34)11-48-31(43)17-6-15-8-21(46-3)19(38)9-16(15)24(25(17)32(44)50-30)14-4-5-18(37)20(7-14)45-2/h4-9,22-30,33,35,37-42H,10-12H2,1-3H3. The van der Waals surface area contributed by atoms with Crippen molar-refractivity contribution in [2.75, 3.05) is 34.0 Å². The van der Waals surface area contributed by atoms with Crippen LogP contribution in [-0.2, 0) is 42.8 Å². The summed E-state index contributed by atoms with van der Waals surface area (Å²) in [6, 6.07) is 6.98. The molecule has 0 amide bonds. The van der Waals surface area contributed by atoms with Crippen molar-refractivity contribution in [3.63, 3.8) is 0 Å². The van der Waals surface area contributed by atoms with E-state index >= 15 is 0 Å². The molecular weight excluding hydrogens is 696 g/mol. The number of hydrogen-bond donors (Lipinski definition) is 7. The number of carbonyl (C=O) groups is 3. The fourth-order valence-electron chi connectivity index (χ4n) is 6.87. The zero-order chi connectivity index (χ0) is 37.6. The Bertz CT molecular complexity index is 1740. The van der Waals surface area contributed by atoms with Crippen LogP contribution in [-0.4, -0.2) is 142 Å². The highest BCUT2D eigenvalue weighted by Gasteiger charge is 2.62. The lowest BCUT2D eigenvalue weighted by Gasteiger charge is -2.44. The summed E-state index contributed by atoms with van der Waals surface area (Å²) in [4.78, 5) is 39.7. The van der Waals surface area contributed by atoms with E-state index in [1.54, 1.807) is 0 Å². The zero-order valence-electron chi connectivity index (χ0n) is 28.0. The Morgan fingerprint density at radius 3 is 2.31 bits per heavy atom. The minimum Gasteiger partial charge on any atom is -0.504 e. The van der Waals surface area contributed by atoms with Gasteiger partial charge in [-0.25, -0.2) is 4.79 Å². The molecule has 3 saturated heterocycles.